The second kappa shape index (κ2) is 10.5. The number of nitrogens with zero attached hydrogens (tertiary/aromatic N) is 1. The third kappa shape index (κ3) is 6.34. The SMILES string of the molecule is O=C(N[O-])C1CCC(CN(Cc2ccc(Cl)cc2)S(=O)(=O)c2cc(Cl)cc(Cl)c2)CC1. The highest BCUT2D eigenvalue weighted by molar-refractivity contribution is 7.89. The molecule has 0 aromatic heterocycles. The highest BCUT2D eigenvalue weighted by Crippen LogP contribution is 2.32. The van der Waals surface area contributed by atoms with Gasteiger partial charge in [0.2, 0.25) is 15.9 Å². The van der Waals surface area contributed by atoms with E-state index in [2.05, 4.69) is 0 Å². The first-order chi connectivity index (χ1) is 14.7. The summed E-state index contributed by atoms with van der Waals surface area (Å²) < 4.78 is 28.4. The number of sulfonamides is 1. The standard InChI is InChI=1S/C21H22Cl3N2O4S/c22-17-7-3-15(4-8-17)13-26(12-14-1-5-16(6-2-14)21(27)25-28)31(29,30)20-10-18(23)9-19(24)11-20/h3-4,7-11,14,16H,1-2,5-6,12-13H2,(H-,25,27,28)/q-1. The molecule has 10 heteroatoms. The fraction of sp³-hybridized carbons (Fsp3) is 0.381. The first-order valence-electron chi connectivity index (χ1n) is 9.81. The molecule has 1 aliphatic carbocycles. The van der Waals surface area contributed by atoms with Crippen molar-refractivity contribution >= 4 is 50.7 Å². The molecule has 0 saturated heterocycles. The van der Waals surface area contributed by atoms with Crippen molar-refractivity contribution < 1.29 is 13.2 Å². The number of carbonyl (C=O) groups excluding carboxylic acids is 1. The number of amides is 1. The Morgan fingerprint density at radius 1 is 0.968 bits per heavy atom. The van der Waals surface area contributed by atoms with Crippen LogP contribution in [0.2, 0.25) is 15.1 Å². The zero-order valence-corrected chi connectivity index (χ0v) is 19.6. The molecule has 0 unspecified atom stereocenters. The molecule has 3 rings (SSSR count). The van der Waals surface area contributed by atoms with E-state index in [1.165, 1.54) is 28.0 Å². The van der Waals surface area contributed by atoms with Gasteiger partial charge < -0.3 is 10.7 Å². The predicted octanol–water partition coefficient (Wildman–Crippen LogP) is 5.26. The van der Waals surface area contributed by atoms with Crippen LogP contribution in [0.15, 0.2) is 47.4 Å². The molecule has 1 N–H and O–H groups in total. The largest absolute Gasteiger partial charge is 0.759 e. The van der Waals surface area contributed by atoms with Gasteiger partial charge in [0.1, 0.15) is 0 Å². The summed E-state index contributed by atoms with van der Waals surface area (Å²) in [6.07, 6.45) is 2.41. The molecular weight excluding hydrogens is 483 g/mol. The third-order valence-electron chi connectivity index (χ3n) is 5.53. The molecule has 1 saturated carbocycles. The van der Waals surface area contributed by atoms with Crippen LogP contribution in [0.5, 0.6) is 0 Å². The molecule has 6 nitrogen and oxygen atoms in total. The fourth-order valence-electron chi connectivity index (χ4n) is 3.85. The number of carbonyl (C=O) groups is 1. The molecule has 0 atom stereocenters. The molecule has 0 aliphatic heterocycles. The molecule has 2 aromatic rings. The van der Waals surface area contributed by atoms with Crippen LogP contribution in [0.3, 0.4) is 0 Å². The van der Waals surface area contributed by atoms with Gasteiger partial charge in [-0.25, -0.2) is 8.42 Å². The summed E-state index contributed by atoms with van der Waals surface area (Å²) in [7, 11) is -3.89. The van der Waals surface area contributed by atoms with E-state index in [1.54, 1.807) is 24.3 Å². The molecule has 0 spiro atoms. The predicted molar refractivity (Wildman–Crippen MR) is 122 cm³/mol. The van der Waals surface area contributed by atoms with E-state index in [1.807, 2.05) is 0 Å². The van der Waals surface area contributed by atoms with Gasteiger partial charge >= 0.3 is 0 Å². The lowest BCUT2D eigenvalue weighted by molar-refractivity contribution is -0.125. The van der Waals surface area contributed by atoms with Gasteiger partial charge in [-0.15, -0.1) is 0 Å². The number of halogens is 3. The lowest BCUT2D eigenvalue weighted by atomic mass is 9.81. The van der Waals surface area contributed by atoms with Crippen molar-refractivity contribution in [2.24, 2.45) is 11.8 Å². The van der Waals surface area contributed by atoms with Crippen LogP contribution >= 0.6 is 34.8 Å². The van der Waals surface area contributed by atoms with Crippen LogP contribution in [0.1, 0.15) is 31.2 Å². The molecule has 1 aliphatic rings. The van der Waals surface area contributed by atoms with Crippen molar-refractivity contribution in [3.63, 3.8) is 0 Å². The fourth-order valence-corrected chi connectivity index (χ4v) is 6.20. The second-order valence-electron chi connectivity index (χ2n) is 7.71. The van der Waals surface area contributed by atoms with Crippen molar-refractivity contribution in [1.29, 1.82) is 0 Å². The van der Waals surface area contributed by atoms with Gasteiger partial charge in [0.15, 0.2) is 0 Å². The van der Waals surface area contributed by atoms with Crippen molar-refractivity contribution in [2.45, 2.75) is 37.1 Å². The topological polar surface area (TPSA) is 89.5 Å². The summed E-state index contributed by atoms with van der Waals surface area (Å²) in [6, 6.07) is 11.2. The van der Waals surface area contributed by atoms with Gasteiger partial charge in [-0.2, -0.15) is 4.31 Å². The summed E-state index contributed by atoms with van der Waals surface area (Å²) in [5, 5.41) is 11.7. The Morgan fingerprint density at radius 2 is 1.55 bits per heavy atom. The van der Waals surface area contributed by atoms with Crippen molar-refractivity contribution in [1.82, 2.24) is 9.79 Å². The normalized spacial score (nSPS) is 19.4. The van der Waals surface area contributed by atoms with Crippen LogP contribution < -0.4 is 5.48 Å². The minimum atomic E-state index is -3.89. The van der Waals surface area contributed by atoms with Gasteiger partial charge in [-0.05, 0) is 67.5 Å². The Balaban J connectivity index is 1.84. The Bertz CT molecular complexity index is 1000. The van der Waals surface area contributed by atoms with Crippen LogP contribution in [-0.2, 0) is 21.4 Å². The van der Waals surface area contributed by atoms with Gasteiger partial charge in [0, 0.05) is 34.1 Å². The Kier molecular flexibility index (Phi) is 8.24. The highest BCUT2D eigenvalue weighted by Gasteiger charge is 2.31. The Labute approximate surface area is 197 Å². The van der Waals surface area contributed by atoms with Crippen LogP contribution in [-0.4, -0.2) is 25.2 Å². The number of nitrogens with one attached hydrogen (secondary N) is 1. The number of hydroxylamine groups is 1. The summed E-state index contributed by atoms with van der Waals surface area (Å²) in [5.41, 5.74) is 2.24. The first kappa shape index (κ1) is 24.3. The maximum atomic E-state index is 13.5. The van der Waals surface area contributed by atoms with Gasteiger partial charge in [-0.3, -0.25) is 4.79 Å². The van der Waals surface area contributed by atoms with E-state index < -0.39 is 15.9 Å². The van der Waals surface area contributed by atoms with Crippen molar-refractivity contribution in [3.05, 3.63) is 68.3 Å². The van der Waals surface area contributed by atoms with Gasteiger partial charge in [0.25, 0.3) is 0 Å². The molecule has 0 radical (unpaired) electrons. The molecular formula is C21H22Cl3N2O4S-. The Hall–Kier alpha value is -1.35. The van der Waals surface area contributed by atoms with Gasteiger partial charge in [-0.1, -0.05) is 46.9 Å². The summed E-state index contributed by atoms with van der Waals surface area (Å²) in [4.78, 5) is 11.6. The molecule has 31 heavy (non-hydrogen) atoms. The summed E-state index contributed by atoms with van der Waals surface area (Å²) in [6.45, 7) is 0.436. The van der Waals surface area contributed by atoms with Crippen LogP contribution in [0.25, 0.3) is 0 Å². The van der Waals surface area contributed by atoms with Crippen LogP contribution in [0.4, 0.5) is 0 Å². The Morgan fingerprint density at radius 3 is 2.10 bits per heavy atom. The first-order valence-corrected chi connectivity index (χ1v) is 12.4. The minimum absolute atomic E-state index is 0.0263. The lowest BCUT2D eigenvalue weighted by Gasteiger charge is -2.32. The second-order valence-corrected chi connectivity index (χ2v) is 11.0. The molecule has 1 amide bonds. The molecule has 1 fully saturated rings. The molecule has 2 aromatic carbocycles. The zero-order valence-electron chi connectivity index (χ0n) is 16.6. The minimum Gasteiger partial charge on any atom is -0.759 e. The number of rotatable bonds is 7. The van der Waals surface area contributed by atoms with Crippen molar-refractivity contribution in [3.8, 4) is 0 Å². The monoisotopic (exact) mass is 503 g/mol. The van der Waals surface area contributed by atoms with Crippen LogP contribution in [0, 0.1) is 17.0 Å². The molecule has 0 bridgehead atoms. The third-order valence-corrected chi connectivity index (χ3v) is 8.00. The van der Waals surface area contributed by atoms with E-state index in [-0.39, 0.29) is 39.9 Å². The highest BCUT2D eigenvalue weighted by atomic mass is 35.5. The number of hydrogen-bond acceptors (Lipinski definition) is 4. The van der Waals surface area contributed by atoms with E-state index in [0.717, 1.165) is 5.56 Å². The van der Waals surface area contributed by atoms with Gasteiger partial charge in [0.05, 0.1) is 4.90 Å². The quantitative estimate of drug-likeness (QED) is 0.521. The molecule has 168 valence electrons. The smallest absolute Gasteiger partial charge is 0.243 e. The average molecular weight is 505 g/mol. The maximum Gasteiger partial charge on any atom is 0.243 e. The average Bonchev–Trinajstić information content (AvgIpc) is 2.74. The number of hydrogen-bond donors (Lipinski definition) is 1. The number of benzene rings is 2. The lowest BCUT2D eigenvalue weighted by Crippen LogP contribution is -2.37. The van der Waals surface area contributed by atoms with E-state index in [9.17, 15) is 18.4 Å². The van der Waals surface area contributed by atoms with E-state index >= 15 is 0 Å². The molecule has 0 heterocycles. The zero-order chi connectivity index (χ0) is 22.6. The maximum absolute atomic E-state index is 13.5. The van der Waals surface area contributed by atoms with E-state index in [0.29, 0.717) is 30.7 Å². The van der Waals surface area contributed by atoms with Crippen molar-refractivity contribution in [2.75, 3.05) is 6.54 Å². The summed E-state index contributed by atoms with van der Waals surface area (Å²) in [5.74, 6) is -0.757. The van der Waals surface area contributed by atoms with E-state index in [4.69, 9.17) is 34.8 Å². The summed E-state index contributed by atoms with van der Waals surface area (Å²) >= 11 is 18.0.